The van der Waals surface area contributed by atoms with Crippen LogP contribution in [0.4, 0.5) is 0 Å². The van der Waals surface area contributed by atoms with Crippen LogP contribution in [0.3, 0.4) is 0 Å². The number of nitrogens with zero attached hydrogens (tertiary/aromatic N) is 2. The van der Waals surface area contributed by atoms with Crippen LogP contribution in [0.5, 0.6) is 0 Å². The Morgan fingerprint density at radius 3 is 2.72 bits per heavy atom. The summed E-state index contributed by atoms with van der Waals surface area (Å²) in [5.41, 5.74) is 8.68. The third-order valence-electron chi connectivity index (χ3n) is 4.98. The van der Waals surface area contributed by atoms with E-state index in [0.717, 1.165) is 52.4 Å². The van der Waals surface area contributed by atoms with E-state index < -0.39 is 0 Å². The summed E-state index contributed by atoms with van der Waals surface area (Å²) in [7, 11) is 0. The van der Waals surface area contributed by atoms with Gasteiger partial charge in [-0.05, 0) is 24.5 Å². The van der Waals surface area contributed by atoms with Crippen molar-refractivity contribution in [2.24, 2.45) is 5.73 Å². The molecule has 25 heavy (non-hydrogen) atoms. The fourth-order valence-corrected chi connectivity index (χ4v) is 3.76. The summed E-state index contributed by atoms with van der Waals surface area (Å²) in [5.74, 6) is 0.0971. The first kappa shape index (κ1) is 18.3. The first-order valence-electron chi connectivity index (χ1n) is 9.31. The van der Waals surface area contributed by atoms with Crippen LogP contribution in [0, 0.1) is 0 Å². The van der Waals surface area contributed by atoms with Crippen molar-refractivity contribution in [3.8, 4) is 0 Å². The minimum Gasteiger partial charge on any atom is -0.379 e. The summed E-state index contributed by atoms with van der Waals surface area (Å²) in [6.07, 6.45) is 0.735. The molecule has 1 amide bonds. The minimum absolute atomic E-state index is 0.0733. The number of rotatable bonds is 6. The van der Waals surface area contributed by atoms with Crippen molar-refractivity contribution in [1.82, 2.24) is 15.1 Å². The molecule has 6 heteroatoms. The van der Waals surface area contributed by atoms with Crippen LogP contribution < -0.4 is 11.1 Å². The molecule has 1 aromatic rings. The zero-order valence-corrected chi connectivity index (χ0v) is 15.1. The van der Waals surface area contributed by atoms with E-state index in [0.29, 0.717) is 6.54 Å². The molecule has 0 radical (unpaired) electrons. The fraction of sp³-hybridized carbons (Fsp3) is 0.632. The molecule has 0 aromatic heterocycles. The monoisotopic (exact) mass is 346 g/mol. The second kappa shape index (κ2) is 8.76. The lowest BCUT2D eigenvalue weighted by molar-refractivity contribution is -0.125. The van der Waals surface area contributed by atoms with Crippen LogP contribution >= 0.6 is 0 Å². The molecule has 6 nitrogen and oxygen atoms in total. The van der Waals surface area contributed by atoms with Gasteiger partial charge in [0.1, 0.15) is 0 Å². The van der Waals surface area contributed by atoms with Gasteiger partial charge in [-0.15, -0.1) is 0 Å². The second-order valence-corrected chi connectivity index (χ2v) is 7.04. The lowest BCUT2D eigenvalue weighted by atomic mass is 10.1. The summed E-state index contributed by atoms with van der Waals surface area (Å²) in [5, 5.41) is 2.93. The largest absolute Gasteiger partial charge is 0.379 e. The molecule has 2 fully saturated rings. The van der Waals surface area contributed by atoms with Gasteiger partial charge in [0.05, 0.1) is 19.3 Å². The molecule has 2 aliphatic heterocycles. The summed E-state index contributed by atoms with van der Waals surface area (Å²) >= 11 is 0. The van der Waals surface area contributed by atoms with Gasteiger partial charge >= 0.3 is 0 Å². The van der Waals surface area contributed by atoms with Crippen LogP contribution in [0.25, 0.3) is 0 Å². The lowest BCUT2D eigenvalue weighted by Gasteiger charge is -2.27. The van der Waals surface area contributed by atoms with Crippen molar-refractivity contribution in [3.63, 3.8) is 0 Å². The zero-order chi connectivity index (χ0) is 17.6. The predicted octanol–water partition coefficient (Wildman–Crippen LogP) is 0.557. The maximum atomic E-state index is 12.3. The van der Waals surface area contributed by atoms with Crippen LogP contribution in [0.1, 0.15) is 24.5 Å². The average Bonchev–Trinajstić information content (AvgIpc) is 2.97. The van der Waals surface area contributed by atoms with Gasteiger partial charge in [0, 0.05) is 45.3 Å². The molecule has 3 rings (SSSR count). The topological polar surface area (TPSA) is 70.8 Å². The Kier molecular flexibility index (Phi) is 6.42. The third kappa shape index (κ3) is 5.01. The Morgan fingerprint density at radius 2 is 2.00 bits per heavy atom. The summed E-state index contributed by atoms with van der Waals surface area (Å²) in [6, 6.07) is 8.65. The number of likely N-dealkylation sites (N-methyl/N-ethyl adjacent to an activating group) is 1. The van der Waals surface area contributed by atoms with Gasteiger partial charge in [-0.25, -0.2) is 0 Å². The molecular weight excluding hydrogens is 316 g/mol. The first-order chi connectivity index (χ1) is 12.2. The molecule has 138 valence electrons. The predicted molar refractivity (Wildman–Crippen MR) is 98.0 cm³/mol. The summed E-state index contributed by atoms with van der Waals surface area (Å²) < 4.78 is 5.42. The van der Waals surface area contributed by atoms with Gasteiger partial charge in [0.2, 0.25) is 5.91 Å². The number of ether oxygens (including phenoxy) is 1. The van der Waals surface area contributed by atoms with Crippen LogP contribution in [-0.4, -0.2) is 67.2 Å². The summed E-state index contributed by atoms with van der Waals surface area (Å²) in [4.78, 5) is 16.9. The van der Waals surface area contributed by atoms with E-state index in [1.807, 2.05) is 6.92 Å². The lowest BCUT2D eigenvalue weighted by Crippen LogP contribution is -2.42. The Hall–Kier alpha value is -1.47. The molecule has 2 saturated heterocycles. The van der Waals surface area contributed by atoms with Crippen LogP contribution in [0.2, 0.25) is 0 Å². The quantitative estimate of drug-likeness (QED) is 0.787. The Morgan fingerprint density at radius 1 is 1.28 bits per heavy atom. The number of carbonyl (C=O) groups is 1. The number of carbonyl (C=O) groups excluding carboxylic acids is 1. The van der Waals surface area contributed by atoms with Gasteiger partial charge in [0.25, 0.3) is 0 Å². The van der Waals surface area contributed by atoms with E-state index in [-0.39, 0.29) is 18.0 Å². The molecule has 1 aromatic carbocycles. The number of likely N-dealkylation sites (tertiary alicyclic amines) is 1. The first-order valence-corrected chi connectivity index (χ1v) is 9.31. The van der Waals surface area contributed by atoms with E-state index >= 15 is 0 Å². The number of morpholine rings is 1. The number of hydrogen-bond donors (Lipinski definition) is 2. The van der Waals surface area contributed by atoms with Gasteiger partial charge in [0.15, 0.2) is 0 Å². The second-order valence-electron chi connectivity index (χ2n) is 7.04. The van der Waals surface area contributed by atoms with Crippen molar-refractivity contribution in [1.29, 1.82) is 0 Å². The molecule has 0 unspecified atom stereocenters. The normalized spacial score (nSPS) is 25.2. The molecule has 2 atom stereocenters. The van der Waals surface area contributed by atoms with Gasteiger partial charge < -0.3 is 15.8 Å². The van der Waals surface area contributed by atoms with Crippen molar-refractivity contribution >= 4 is 5.91 Å². The number of nitrogens with two attached hydrogens (primary N) is 1. The maximum Gasteiger partial charge on any atom is 0.237 e. The fourth-order valence-electron chi connectivity index (χ4n) is 3.76. The van der Waals surface area contributed by atoms with E-state index in [1.165, 1.54) is 11.1 Å². The SMILES string of the molecule is CCNC(=O)[C@@H]1C[C@@H](N)CN1Cc1cccc(CN2CCOCC2)c1. The van der Waals surface area contributed by atoms with Crippen molar-refractivity contribution in [2.45, 2.75) is 38.5 Å². The van der Waals surface area contributed by atoms with Crippen LogP contribution in [0.15, 0.2) is 24.3 Å². The Balaban J connectivity index is 1.63. The molecule has 0 saturated carbocycles. The van der Waals surface area contributed by atoms with Crippen molar-refractivity contribution in [2.75, 3.05) is 39.4 Å². The molecule has 0 bridgehead atoms. The van der Waals surface area contributed by atoms with E-state index in [1.54, 1.807) is 0 Å². The molecule has 0 aliphatic carbocycles. The maximum absolute atomic E-state index is 12.3. The molecule has 3 N–H and O–H groups in total. The van der Waals surface area contributed by atoms with E-state index in [4.69, 9.17) is 10.5 Å². The van der Waals surface area contributed by atoms with Crippen molar-refractivity contribution < 1.29 is 9.53 Å². The van der Waals surface area contributed by atoms with Gasteiger partial charge in [-0.2, -0.15) is 0 Å². The number of nitrogens with one attached hydrogen (secondary N) is 1. The van der Waals surface area contributed by atoms with Gasteiger partial charge in [-0.1, -0.05) is 24.3 Å². The highest BCUT2D eigenvalue weighted by molar-refractivity contribution is 5.82. The molecular formula is C19H30N4O2. The van der Waals surface area contributed by atoms with E-state index in [2.05, 4.69) is 39.4 Å². The molecule has 0 spiro atoms. The van der Waals surface area contributed by atoms with E-state index in [9.17, 15) is 4.79 Å². The minimum atomic E-state index is -0.113. The number of hydrogen-bond acceptors (Lipinski definition) is 5. The summed E-state index contributed by atoms with van der Waals surface area (Å²) in [6.45, 7) is 8.73. The third-order valence-corrected chi connectivity index (χ3v) is 4.98. The Bertz CT molecular complexity index is 574. The van der Waals surface area contributed by atoms with Crippen molar-refractivity contribution in [3.05, 3.63) is 35.4 Å². The highest BCUT2D eigenvalue weighted by atomic mass is 16.5. The zero-order valence-electron chi connectivity index (χ0n) is 15.1. The highest BCUT2D eigenvalue weighted by Crippen LogP contribution is 2.21. The highest BCUT2D eigenvalue weighted by Gasteiger charge is 2.34. The number of amides is 1. The molecule has 2 aliphatic rings. The number of benzene rings is 1. The van der Waals surface area contributed by atoms with Gasteiger partial charge in [-0.3, -0.25) is 14.6 Å². The average molecular weight is 346 g/mol. The molecule has 2 heterocycles. The Labute approximate surface area is 150 Å². The smallest absolute Gasteiger partial charge is 0.237 e. The van der Waals surface area contributed by atoms with Crippen LogP contribution in [-0.2, 0) is 22.6 Å². The standard InChI is InChI=1S/C19H30N4O2/c1-2-21-19(24)18-11-17(20)14-23(18)13-16-5-3-4-15(10-16)12-22-6-8-25-9-7-22/h3-5,10,17-18H,2,6-9,11-14,20H2,1H3,(H,21,24)/t17-,18+/m1/s1.